The lowest BCUT2D eigenvalue weighted by atomic mass is 9.43. The fraction of sp³-hybridized carbons (Fsp3) is 0.914. The highest BCUT2D eigenvalue weighted by Crippen LogP contribution is 2.70. The summed E-state index contributed by atoms with van der Waals surface area (Å²) in [7, 11) is 0. The zero-order valence-corrected chi connectivity index (χ0v) is 28.3. The lowest BCUT2D eigenvalue weighted by molar-refractivity contribution is -0.338. The van der Waals surface area contributed by atoms with Crippen LogP contribution in [0.1, 0.15) is 71.6 Å². The smallest absolute Gasteiger partial charge is 0.331 e. The predicted molar refractivity (Wildman–Crippen MR) is 167 cm³/mol. The van der Waals surface area contributed by atoms with Crippen LogP contribution in [0, 0.1) is 34.5 Å². The standard InChI is InChI=1S/C35H54O14/c1-33-8-5-18(47-32-30(43)28(41)26(39)23(49-32)15-46-31-29(42)27(40)25(38)22(13-36)48-31)12-17(33)3-4-21-20(33)6-9-34(2)19(7-10-35(21,34)44)16-11-24(37)45-14-16/h11,17-23,25-32,36,38-44H,3-10,12-15H2,1-2H3/t17-,18+,19+,20-,21-,22+,23-,25+,26-,27-,28+,29-,30-,31+,32-,33-,34-,35-/m0/s1. The summed E-state index contributed by atoms with van der Waals surface area (Å²) in [5.74, 6) is 0.683. The highest BCUT2D eigenvalue weighted by Gasteiger charge is 2.68. The van der Waals surface area contributed by atoms with Gasteiger partial charge in [0.25, 0.3) is 0 Å². The van der Waals surface area contributed by atoms with Gasteiger partial charge in [0, 0.05) is 11.5 Å². The molecule has 4 aliphatic carbocycles. The van der Waals surface area contributed by atoms with E-state index in [1.165, 1.54) is 0 Å². The Bertz CT molecular complexity index is 1260. The Morgan fingerprint density at radius 1 is 0.796 bits per heavy atom. The van der Waals surface area contributed by atoms with E-state index in [1.807, 2.05) is 0 Å². The summed E-state index contributed by atoms with van der Waals surface area (Å²) < 4.78 is 28.4. The molecular weight excluding hydrogens is 644 g/mol. The summed E-state index contributed by atoms with van der Waals surface area (Å²) in [4.78, 5) is 11.9. The van der Waals surface area contributed by atoms with Crippen LogP contribution in [-0.4, -0.2) is 140 Å². The molecule has 278 valence electrons. The number of hydrogen-bond donors (Lipinski definition) is 8. The zero-order chi connectivity index (χ0) is 35.0. The Morgan fingerprint density at radius 3 is 2.18 bits per heavy atom. The van der Waals surface area contributed by atoms with E-state index in [2.05, 4.69) is 13.8 Å². The second-order valence-electron chi connectivity index (χ2n) is 16.4. The average Bonchev–Trinajstić information content (AvgIpc) is 3.63. The SMILES string of the molecule is C[C@]12CC[C@@H](O[C@H]3O[C@@H](CO[C@@H]4O[C@H](CO)[C@@H](O)[C@H](O)[C@@H]4O)[C@H](O)[C@@H](O)[C@@H]3O)C[C@@H]1CC[C@H]1[C@@H]2CC[C@@]2(C)[C@@H](C3=CC(=O)OC3)CC[C@]12O. The van der Waals surface area contributed by atoms with Crippen molar-refractivity contribution in [3.05, 3.63) is 11.6 Å². The number of carbonyl (C=O) groups is 1. The highest BCUT2D eigenvalue weighted by molar-refractivity contribution is 5.85. The first-order chi connectivity index (χ1) is 23.2. The molecule has 2 saturated heterocycles. The molecule has 0 spiro atoms. The van der Waals surface area contributed by atoms with Crippen molar-refractivity contribution in [1.29, 1.82) is 0 Å². The number of carbonyl (C=O) groups excluding carboxylic acids is 1. The summed E-state index contributed by atoms with van der Waals surface area (Å²) in [6, 6.07) is 0. The van der Waals surface area contributed by atoms with Crippen LogP contribution in [0.2, 0.25) is 0 Å². The molecule has 0 aromatic heterocycles. The second kappa shape index (κ2) is 13.3. The van der Waals surface area contributed by atoms with Gasteiger partial charge in [-0.25, -0.2) is 4.79 Å². The van der Waals surface area contributed by atoms with E-state index in [9.17, 15) is 45.6 Å². The van der Waals surface area contributed by atoms with Crippen molar-refractivity contribution in [2.45, 2.75) is 145 Å². The molecule has 0 radical (unpaired) electrons. The number of cyclic esters (lactones) is 1. The first kappa shape index (κ1) is 36.1. The molecule has 18 atom stereocenters. The van der Waals surface area contributed by atoms with Crippen LogP contribution >= 0.6 is 0 Å². The highest BCUT2D eigenvalue weighted by atomic mass is 16.7. The van der Waals surface area contributed by atoms with Gasteiger partial charge in [0.05, 0.1) is 24.9 Å². The van der Waals surface area contributed by atoms with Crippen molar-refractivity contribution in [2.75, 3.05) is 19.8 Å². The fourth-order valence-corrected chi connectivity index (χ4v) is 11.2. The Kier molecular flexibility index (Phi) is 9.80. The predicted octanol–water partition coefficient (Wildman–Crippen LogP) is -0.747. The maximum atomic E-state index is 12.5. The minimum atomic E-state index is -1.65. The molecule has 8 N–H and O–H groups in total. The van der Waals surface area contributed by atoms with E-state index >= 15 is 0 Å². The maximum Gasteiger partial charge on any atom is 0.331 e. The van der Waals surface area contributed by atoms with Crippen LogP contribution in [0.15, 0.2) is 11.6 Å². The van der Waals surface area contributed by atoms with E-state index in [-0.39, 0.29) is 34.7 Å². The summed E-state index contributed by atoms with van der Waals surface area (Å²) in [6.45, 7) is 3.85. The molecule has 0 amide bonds. The van der Waals surface area contributed by atoms with Gasteiger partial charge in [0.15, 0.2) is 12.6 Å². The number of fused-ring (bicyclic) bond motifs is 5. The molecule has 0 aromatic rings. The van der Waals surface area contributed by atoms with Crippen LogP contribution in [0.3, 0.4) is 0 Å². The quantitative estimate of drug-likeness (QED) is 0.121. The molecule has 4 saturated carbocycles. The number of rotatable bonds is 7. The van der Waals surface area contributed by atoms with Gasteiger partial charge in [0.2, 0.25) is 0 Å². The van der Waals surface area contributed by atoms with Crippen molar-refractivity contribution < 1.29 is 69.3 Å². The van der Waals surface area contributed by atoms with Crippen molar-refractivity contribution >= 4 is 5.97 Å². The number of esters is 1. The van der Waals surface area contributed by atoms with Crippen LogP contribution < -0.4 is 0 Å². The number of ether oxygens (including phenoxy) is 5. The van der Waals surface area contributed by atoms with Gasteiger partial charge in [-0.05, 0) is 92.4 Å². The minimum Gasteiger partial charge on any atom is -0.458 e. The number of aliphatic hydroxyl groups is 8. The Morgan fingerprint density at radius 2 is 1.49 bits per heavy atom. The molecule has 0 bridgehead atoms. The summed E-state index contributed by atoms with van der Waals surface area (Å²) >= 11 is 0. The van der Waals surface area contributed by atoms with Gasteiger partial charge in [0.1, 0.15) is 55.4 Å². The minimum absolute atomic E-state index is 0.00679. The first-order valence-electron chi connectivity index (χ1n) is 18.1. The third-order valence-electron chi connectivity index (χ3n) is 14.2. The first-order valence-corrected chi connectivity index (χ1v) is 18.1. The van der Waals surface area contributed by atoms with E-state index in [0.717, 1.165) is 56.9 Å². The molecule has 49 heavy (non-hydrogen) atoms. The van der Waals surface area contributed by atoms with Crippen LogP contribution in [0.4, 0.5) is 0 Å². The number of hydrogen-bond acceptors (Lipinski definition) is 14. The topological polar surface area (TPSA) is 225 Å². The molecule has 3 heterocycles. The van der Waals surface area contributed by atoms with Crippen molar-refractivity contribution in [2.24, 2.45) is 34.5 Å². The second-order valence-corrected chi connectivity index (χ2v) is 16.4. The lowest BCUT2D eigenvalue weighted by Crippen LogP contribution is -2.63. The zero-order valence-electron chi connectivity index (χ0n) is 28.3. The van der Waals surface area contributed by atoms with Crippen LogP contribution in [0.25, 0.3) is 0 Å². The monoisotopic (exact) mass is 698 g/mol. The van der Waals surface area contributed by atoms with Gasteiger partial charge >= 0.3 is 5.97 Å². The molecule has 0 unspecified atom stereocenters. The van der Waals surface area contributed by atoms with E-state index in [4.69, 9.17) is 23.7 Å². The Hall–Kier alpha value is -1.27. The normalized spacial score (nSPS) is 54.4. The van der Waals surface area contributed by atoms with Gasteiger partial charge in [-0.1, -0.05) is 13.8 Å². The molecule has 7 aliphatic rings. The number of aliphatic hydroxyl groups excluding tert-OH is 7. The van der Waals surface area contributed by atoms with E-state index in [0.29, 0.717) is 24.9 Å². The average molecular weight is 699 g/mol. The maximum absolute atomic E-state index is 12.5. The van der Waals surface area contributed by atoms with Crippen molar-refractivity contribution in [3.63, 3.8) is 0 Å². The van der Waals surface area contributed by atoms with Crippen LogP contribution in [0.5, 0.6) is 0 Å². The lowest BCUT2D eigenvalue weighted by Gasteiger charge is -2.64. The van der Waals surface area contributed by atoms with Crippen molar-refractivity contribution in [3.8, 4) is 0 Å². The van der Waals surface area contributed by atoms with Gasteiger partial charge in [-0.3, -0.25) is 0 Å². The summed E-state index contributed by atoms with van der Waals surface area (Å²) in [5.41, 5.74) is -0.0991. The van der Waals surface area contributed by atoms with E-state index in [1.54, 1.807) is 6.08 Å². The third-order valence-corrected chi connectivity index (χ3v) is 14.2. The van der Waals surface area contributed by atoms with Gasteiger partial charge in [-0.2, -0.15) is 0 Å². The molecule has 7 rings (SSSR count). The third kappa shape index (κ3) is 5.82. The summed E-state index contributed by atoms with van der Waals surface area (Å²) in [6.07, 6.45) is -5.68. The molecule has 6 fully saturated rings. The molecular formula is C35H54O14. The van der Waals surface area contributed by atoms with Crippen LogP contribution in [-0.2, 0) is 28.5 Å². The Balaban J connectivity index is 0.982. The molecule has 14 nitrogen and oxygen atoms in total. The van der Waals surface area contributed by atoms with Gasteiger partial charge in [-0.15, -0.1) is 0 Å². The van der Waals surface area contributed by atoms with E-state index < -0.39 is 80.2 Å². The van der Waals surface area contributed by atoms with Crippen molar-refractivity contribution in [1.82, 2.24) is 0 Å². The fourth-order valence-electron chi connectivity index (χ4n) is 11.2. The van der Waals surface area contributed by atoms with Gasteiger partial charge < -0.3 is 64.5 Å². The largest absolute Gasteiger partial charge is 0.458 e. The molecule has 0 aromatic carbocycles. The summed E-state index contributed by atoms with van der Waals surface area (Å²) in [5, 5.41) is 84.5. The Labute approximate surface area is 285 Å². The molecule has 3 aliphatic heterocycles. The molecule has 14 heteroatoms.